The molecule has 2 aliphatic heterocycles. The minimum Gasteiger partial charge on any atom is -0.445 e. The van der Waals surface area contributed by atoms with E-state index in [9.17, 15) is 4.79 Å². The molecule has 23 heavy (non-hydrogen) atoms. The summed E-state index contributed by atoms with van der Waals surface area (Å²) in [6, 6.07) is 8.48. The van der Waals surface area contributed by atoms with Crippen LogP contribution in [0.5, 0.6) is 0 Å². The minimum atomic E-state index is -0.413. The zero-order valence-corrected chi connectivity index (χ0v) is 13.3. The van der Waals surface area contributed by atoms with Crippen molar-refractivity contribution in [3.8, 4) is 0 Å². The number of nitrogens with zero attached hydrogens (tertiary/aromatic N) is 3. The fourth-order valence-corrected chi connectivity index (χ4v) is 4.09. The molecule has 6 nitrogen and oxygen atoms in total. The molecule has 2 unspecified atom stereocenters. The van der Waals surface area contributed by atoms with Crippen molar-refractivity contribution in [3.63, 3.8) is 0 Å². The van der Waals surface area contributed by atoms with Gasteiger partial charge in [0.2, 0.25) is 5.95 Å². The van der Waals surface area contributed by atoms with Gasteiger partial charge in [-0.15, -0.1) is 0 Å². The lowest BCUT2D eigenvalue weighted by Crippen LogP contribution is -2.52. The molecule has 1 aromatic heterocycles. The maximum atomic E-state index is 12.6. The molecular formula is C17H22N4O2. The molecule has 6 heteroatoms. The van der Waals surface area contributed by atoms with Crippen LogP contribution >= 0.6 is 0 Å². The first kappa shape index (κ1) is 14.5. The largest absolute Gasteiger partial charge is 0.445 e. The quantitative estimate of drug-likeness (QED) is 0.876. The van der Waals surface area contributed by atoms with Crippen LogP contribution in [-0.4, -0.2) is 45.8 Å². The second kappa shape index (κ2) is 5.53. The van der Waals surface area contributed by atoms with E-state index in [4.69, 9.17) is 10.5 Å². The highest BCUT2D eigenvalue weighted by atomic mass is 16.6. The van der Waals surface area contributed by atoms with Gasteiger partial charge in [0.15, 0.2) is 0 Å². The van der Waals surface area contributed by atoms with E-state index in [1.165, 1.54) is 23.8 Å². The molecule has 0 saturated carbocycles. The second-order valence-electron chi connectivity index (χ2n) is 6.68. The van der Waals surface area contributed by atoms with E-state index in [1.54, 1.807) is 0 Å². The minimum absolute atomic E-state index is 0.0328. The van der Waals surface area contributed by atoms with E-state index in [-0.39, 0.29) is 12.1 Å². The number of para-hydroxylation sites is 2. The zero-order valence-electron chi connectivity index (χ0n) is 13.3. The Morgan fingerprint density at radius 2 is 1.96 bits per heavy atom. The first-order valence-electron chi connectivity index (χ1n) is 8.29. The molecule has 2 atom stereocenters. The molecule has 0 radical (unpaired) electrons. The predicted molar refractivity (Wildman–Crippen MR) is 88.2 cm³/mol. The summed E-state index contributed by atoms with van der Waals surface area (Å²) in [5, 5.41) is 0. The molecular weight excluding hydrogens is 292 g/mol. The number of hydrogen-bond acceptors (Lipinski definition) is 5. The number of nitrogens with two attached hydrogens (primary N) is 1. The van der Waals surface area contributed by atoms with Crippen molar-refractivity contribution < 1.29 is 9.53 Å². The highest BCUT2D eigenvalue weighted by Gasteiger charge is 2.37. The third kappa shape index (κ3) is 2.47. The number of imidazole rings is 1. The molecule has 2 saturated heterocycles. The maximum Gasteiger partial charge on any atom is 0.421 e. The number of fused-ring (bicyclic) bond motifs is 3. The molecule has 0 amide bonds. The van der Waals surface area contributed by atoms with Crippen LogP contribution in [0.4, 0.5) is 10.7 Å². The Kier molecular flexibility index (Phi) is 3.49. The van der Waals surface area contributed by atoms with E-state index in [1.807, 2.05) is 24.3 Å². The molecule has 122 valence electrons. The third-order valence-corrected chi connectivity index (χ3v) is 5.33. The number of ether oxygens (including phenoxy) is 1. The number of anilines is 1. The number of nitrogen functional groups attached to an aromatic ring is 1. The van der Waals surface area contributed by atoms with Crippen molar-refractivity contribution in [1.82, 2.24) is 14.5 Å². The molecule has 3 heterocycles. The van der Waals surface area contributed by atoms with Crippen LogP contribution in [0.15, 0.2) is 24.3 Å². The molecule has 2 N–H and O–H groups in total. The third-order valence-electron chi connectivity index (χ3n) is 5.33. The van der Waals surface area contributed by atoms with Crippen LogP contribution in [0.3, 0.4) is 0 Å². The fraction of sp³-hybridized carbons (Fsp3) is 0.529. The standard InChI is InChI=1S/C17H22N4O2/c1-20-11-5-4-6-12(20)10-13(9-11)23-17(22)21-15-8-3-2-7-14(15)19-16(21)18/h2-3,7-8,11-13H,4-6,9-10H2,1H3,(H2,18,19). The lowest BCUT2D eigenvalue weighted by molar-refractivity contribution is -0.0189. The first-order valence-corrected chi connectivity index (χ1v) is 8.29. The van der Waals surface area contributed by atoms with Crippen LogP contribution in [0.1, 0.15) is 32.1 Å². The van der Waals surface area contributed by atoms with Crippen LogP contribution in [-0.2, 0) is 4.74 Å². The van der Waals surface area contributed by atoms with E-state index in [2.05, 4.69) is 16.9 Å². The lowest BCUT2D eigenvalue weighted by atomic mass is 9.83. The van der Waals surface area contributed by atoms with Gasteiger partial charge >= 0.3 is 6.09 Å². The number of carbonyl (C=O) groups is 1. The van der Waals surface area contributed by atoms with Gasteiger partial charge in [-0.3, -0.25) is 0 Å². The summed E-state index contributed by atoms with van der Waals surface area (Å²) in [6.45, 7) is 0. The molecule has 4 rings (SSSR count). The van der Waals surface area contributed by atoms with E-state index >= 15 is 0 Å². The Balaban J connectivity index is 1.55. The smallest absolute Gasteiger partial charge is 0.421 e. The lowest BCUT2D eigenvalue weighted by Gasteiger charge is -2.46. The number of hydrogen-bond donors (Lipinski definition) is 1. The summed E-state index contributed by atoms with van der Waals surface area (Å²) >= 11 is 0. The maximum absolute atomic E-state index is 12.6. The van der Waals surface area contributed by atoms with Crippen molar-refractivity contribution in [2.24, 2.45) is 0 Å². The number of rotatable bonds is 1. The molecule has 2 bridgehead atoms. The SMILES string of the molecule is CN1C2CCCC1CC(OC(=O)n1c(N)nc3ccccc31)C2. The van der Waals surface area contributed by atoms with Gasteiger partial charge in [-0.1, -0.05) is 18.6 Å². The summed E-state index contributed by atoms with van der Waals surface area (Å²) in [5.74, 6) is 0.185. The summed E-state index contributed by atoms with van der Waals surface area (Å²) in [6.07, 6.45) is 5.03. The van der Waals surface area contributed by atoms with Crippen molar-refractivity contribution in [2.45, 2.75) is 50.3 Å². The summed E-state index contributed by atoms with van der Waals surface area (Å²) < 4.78 is 7.17. The fourth-order valence-electron chi connectivity index (χ4n) is 4.09. The van der Waals surface area contributed by atoms with E-state index in [0.717, 1.165) is 12.8 Å². The van der Waals surface area contributed by atoms with Gasteiger partial charge < -0.3 is 15.4 Å². The first-order chi connectivity index (χ1) is 11.1. The second-order valence-corrected chi connectivity index (χ2v) is 6.68. The number of carbonyl (C=O) groups excluding carboxylic acids is 1. The van der Waals surface area contributed by atoms with Crippen LogP contribution < -0.4 is 5.73 Å². The van der Waals surface area contributed by atoms with Gasteiger partial charge in [0.25, 0.3) is 0 Å². The predicted octanol–water partition coefficient (Wildman–Crippen LogP) is 2.62. The molecule has 2 aliphatic rings. The number of benzene rings is 1. The van der Waals surface area contributed by atoms with Gasteiger partial charge in [0.1, 0.15) is 6.10 Å². The average molecular weight is 314 g/mol. The van der Waals surface area contributed by atoms with Crippen molar-refractivity contribution >= 4 is 23.1 Å². The topological polar surface area (TPSA) is 73.4 Å². The highest BCUT2D eigenvalue weighted by Crippen LogP contribution is 2.34. The van der Waals surface area contributed by atoms with E-state index in [0.29, 0.717) is 23.1 Å². The number of piperidine rings is 2. The van der Waals surface area contributed by atoms with Gasteiger partial charge in [-0.05, 0) is 32.0 Å². The van der Waals surface area contributed by atoms with E-state index < -0.39 is 6.09 Å². The Morgan fingerprint density at radius 3 is 2.70 bits per heavy atom. The van der Waals surface area contributed by atoms with Gasteiger partial charge in [0, 0.05) is 24.9 Å². The Hall–Kier alpha value is -2.08. The van der Waals surface area contributed by atoms with Crippen molar-refractivity contribution in [2.75, 3.05) is 12.8 Å². The van der Waals surface area contributed by atoms with Crippen LogP contribution in [0.2, 0.25) is 0 Å². The summed E-state index contributed by atoms with van der Waals surface area (Å²) in [4.78, 5) is 19.3. The Labute approximate surface area is 135 Å². The molecule has 0 aliphatic carbocycles. The summed E-state index contributed by atoms with van der Waals surface area (Å²) in [5.41, 5.74) is 7.32. The molecule has 1 aromatic carbocycles. The molecule has 0 spiro atoms. The normalized spacial score (nSPS) is 28.0. The van der Waals surface area contributed by atoms with Crippen LogP contribution in [0, 0.1) is 0 Å². The van der Waals surface area contributed by atoms with Crippen molar-refractivity contribution in [3.05, 3.63) is 24.3 Å². The zero-order chi connectivity index (χ0) is 16.0. The summed E-state index contributed by atoms with van der Waals surface area (Å²) in [7, 11) is 2.19. The monoisotopic (exact) mass is 314 g/mol. The van der Waals surface area contributed by atoms with Crippen molar-refractivity contribution in [1.29, 1.82) is 0 Å². The highest BCUT2D eigenvalue weighted by molar-refractivity contribution is 5.90. The van der Waals surface area contributed by atoms with Gasteiger partial charge in [0.05, 0.1) is 11.0 Å². The average Bonchev–Trinajstić information content (AvgIpc) is 2.84. The molecule has 2 aromatic rings. The van der Waals surface area contributed by atoms with Crippen LogP contribution in [0.25, 0.3) is 11.0 Å². The molecule has 2 fully saturated rings. The number of aromatic nitrogens is 2. The van der Waals surface area contributed by atoms with Gasteiger partial charge in [-0.2, -0.15) is 0 Å². The van der Waals surface area contributed by atoms with Gasteiger partial charge in [-0.25, -0.2) is 14.3 Å². The Morgan fingerprint density at radius 1 is 1.26 bits per heavy atom. The Bertz CT molecular complexity index is 727.